The van der Waals surface area contributed by atoms with Crippen LogP contribution in [0.25, 0.3) is 0 Å². The van der Waals surface area contributed by atoms with E-state index in [1.807, 2.05) is 0 Å². The molecule has 0 rings (SSSR count). The highest BCUT2D eigenvalue weighted by Gasteiger charge is 2.28. The second-order valence-corrected chi connectivity index (χ2v) is 2.09. The zero-order valence-electron chi connectivity index (χ0n) is 3.66. The van der Waals surface area contributed by atoms with E-state index in [-0.39, 0.29) is 0 Å². The third kappa shape index (κ3) is 2.76. The van der Waals surface area contributed by atoms with Crippen LogP contribution in [0.5, 0.6) is 0 Å². The lowest BCUT2D eigenvalue weighted by Crippen LogP contribution is -2.25. The van der Waals surface area contributed by atoms with Gasteiger partial charge >= 0.3 is 0 Å². The Morgan fingerprint density at radius 3 is 1.86 bits per heavy atom. The van der Waals surface area contributed by atoms with Crippen molar-refractivity contribution in [2.24, 2.45) is 0 Å². The van der Waals surface area contributed by atoms with Crippen LogP contribution in [0.1, 0.15) is 6.92 Å². The summed E-state index contributed by atoms with van der Waals surface area (Å²) >= 11 is 4.67. The molecule has 44 valence electrons. The Labute approximate surface area is 44.9 Å². The van der Waals surface area contributed by atoms with Gasteiger partial charge in [0.1, 0.15) is 0 Å². The third-order valence-corrected chi connectivity index (χ3v) is 0.563. The fraction of sp³-hybridized carbons (Fsp3) is 1.00. The van der Waals surface area contributed by atoms with E-state index < -0.39 is 11.5 Å². The molecule has 0 amide bonds. The first-order chi connectivity index (χ1) is 2.94. The number of rotatable bonds is 1. The van der Waals surface area contributed by atoms with Crippen LogP contribution < -0.4 is 0 Å². The molecule has 0 fully saturated rings. The summed E-state index contributed by atoms with van der Waals surface area (Å²) in [6.07, 6.45) is -2.88. The van der Waals surface area contributed by atoms with Gasteiger partial charge in [0, 0.05) is 0 Å². The van der Waals surface area contributed by atoms with Crippen LogP contribution in [0.2, 0.25) is 0 Å². The number of hydrogen-bond donors (Lipinski definition) is 1. The lowest BCUT2D eigenvalue weighted by molar-refractivity contribution is -0.0237. The zero-order chi connectivity index (χ0) is 6.08. The van der Waals surface area contributed by atoms with E-state index in [1.54, 1.807) is 0 Å². The van der Waals surface area contributed by atoms with E-state index in [4.69, 9.17) is 5.11 Å². The van der Waals surface area contributed by atoms with Crippen LogP contribution in [0.4, 0.5) is 8.78 Å². The molecule has 0 bridgehead atoms. The van der Waals surface area contributed by atoms with E-state index >= 15 is 0 Å². The Morgan fingerprint density at radius 1 is 1.71 bits per heavy atom. The molecule has 0 unspecified atom stereocenters. The first kappa shape index (κ1) is 7.11. The molecule has 0 aliphatic rings. The van der Waals surface area contributed by atoms with Crippen molar-refractivity contribution in [2.75, 3.05) is 0 Å². The van der Waals surface area contributed by atoms with Gasteiger partial charge in [0.2, 0.25) is 0 Å². The van der Waals surface area contributed by atoms with Gasteiger partial charge in [-0.05, 0) is 6.92 Å². The number of halogens is 3. The normalized spacial score (nSPS) is 19.7. The smallest absolute Gasteiger partial charge is 0.280 e. The number of alkyl halides is 3. The minimum atomic E-state index is -2.88. The fourth-order valence-corrected chi connectivity index (χ4v) is 0. The van der Waals surface area contributed by atoms with Crippen molar-refractivity contribution in [1.82, 2.24) is 0 Å². The van der Waals surface area contributed by atoms with Gasteiger partial charge in [-0.15, -0.1) is 0 Å². The van der Waals surface area contributed by atoms with Gasteiger partial charge in [-0.3, -0.25) is 0 Å². The number of hydrogen-bond acceptors (Lipinski definition) is 1. The first-order valence-electron chi connectivity index (χ1n) is 1.64. The molecule has 1 N–H and O–H groups in total. The van der Waals surface area contributed by atoms with Crippen LogP contribution in [0.3, 0.4) is 0 Å². The topological polar surface area (TPSA) is 20.2 Å². The monoisotopic (exact) mass is 130 g/mol. The minimum absolute atomic E-state index is 0.833. The van der Waals surface area contributed by atoms with Crippen LogP contribution in [0.15, 0.2) is 0 Å². The van der Waals surface area contributed by atoms with Gasteiger partial charge in [0.25, 0.3) is 6.43 Å². The lowest BCUT2D eigenvalue weighted by atomic mass is 10.4. The number of aliphatic hydroxyl groups is 1. The molecule has 0 aromatic rings. The Kier molecular flexibility index (Phi) is 1.95. The molecule has 0 heterocycles. The van der Waals surface area contributed by atoms with Crippen molar-refractivity contribution in [1.29, 1.82) is 0 Å². The maximum Gasteiger partial charge on any atom is 0.280 e. The van der Waals surface area contributed by atoms with Crippen molar-refractivity contribution in [3.05, 3.63) is 0 Å². The van der Waals surface area contributed by atoms with E-state index in [0.29, 0.717) is 0 Å². The maximum absolute atomic E-state index is 11.2. The van der Waals surface area contributed by atoms with Gasteiger partial charge in [0.05, 0.1) is 0 Å². The molecule has 0 aromatic carbocycles. The third-order valence-electron chi connectivity index (χ3n) is 0.398. The van der Waals surface area contributed by atoms with Crippen LogP contribution in [-0.2, 0) is 0 Å². The Morgan fingerprint density at radius 2 is 1.86 bits per heavy atom. The Hall–Kier alpha value is 0.110. The Bertz CT molecular complexity index is 58.4. The molecule has 4 heteroatoms. The highest BCUT2D eigenvalue weighted by Crippen LogP contribution is 2.18. The fourth-order valence-electron chi connectivity index (χ4n) is 0. The minimum Gasteiger partial charge on any atom is -0.370 e. The molecule has 1 nitrogen and oxygen atoms in total. The predicted octanol–water partition coefficient (Wildman–Crippen LogP) is 1.20. The summed E-state index contributed by atoms with van der Waals surface area (Å²) in [5, 5.41) is 5.75. The second-order valence-electron chi connectivity index (χ2n) is 1.32. The summed E-state index contributed by atoms with van der Waals surface area (Å²) in [6.45, 7) is 0.833. The lowest BCUT2D eigenvalue weighted by Gasteiger charge is -2.10. The molecule has 0 aliphatic heterocycles. The zero-order valence-corrected chi connectivity index (χ0v) is 4.41. The van der Waals surface area contributed by atoms with Crippen LogP contribution in [0, 0.1) is 0 Å². The van der Waals surface area contributed by atoms with E-state index in [2.05, 4.69) is 11.6 Å². The van der Waals surface area contributed by atoms with Gasteiger partial charge in [-0.1, -0.05) is 11.6 Å². The summed E-state index contributed by atoms with van der Waals surface area (Å²) in [4.78, 5) is 0. The van der Waals surface area contributed by atoms with Crippen LogP contribution in [-0.4, -0.2) is 16.6 Å². The second kappa shape index (κ2) is 1.92. The molecule has 0 saturated carbocycles. The van der Waals surface area contributed by atoms with E-state index in [1.165, 1.54) is 0 Å². The molecular formula is C3H5ClF2O. The largest absolute Gasteiger partial charge is 0.370 e. The molecule has 0 aromatic heterocycles. The highest BCUT2D eigenvalue weighted by atomic mass is 35.5. The van der Waals surface area contributed by atoms with Crippen molar-refractivity contribution in [3.8, 4) is 0 Å². The summed E-state index contributed by atoms with van der Waals surface area (Å²) in [5.74, 6) is 0. The summed E-state index contributed by atoms with van der Waals surface area (Å²) < 4.78 is 22.3. The van der Waals surface area contributed by atoms with Crippen molar-refractivity contribution >= 4 is 11.6 Å². The molecular weight excluding hydrogens is 125 g/mol. The highest BCUT2D eigenvalue weighted by molar-refractivity contribution is 6.22. The van der Waals surface area contributed by atoms with Crippen molar-refractivity contribution < 1.29 is 13.9 Å². The van der Waals surface area contributed by atoms with Gasteiger partial charge in [-0.25, -0.2) is 8.78 Å². The average Bonchev–Trinajstić information content (AvgIpc) is 1.31. The predicted molar refractivity (Wildman–Crippen MR) is 22.5 cm³/mol. The van der Waals surface area contributed by atoms with Gasteiger partial charge < -0.3 is 5.11 Å². The van der Waals surface area contributed by atoms with Crippen molar-refractivity contribution in [3.63, 3.8) is 0 Å². The Balaban J connectivity index is 3.54. The average molecular weight is 131 g/mol. The molecule has 0 spiro atoms. The molecule has 1 atom stereocenters. The summed E-state index contributed by atoms with van der Waals surface area (Å²) in [6, 6.07) is 0. The molecule has 0 radical (unpaired) electrons. The summed E-state index contributed by atoms with van der Waals surface area (Å²) in [7, 11) is 0. The molecule has 0 aliphatic carbocycles. The van der Waals surface area contributed by atoms with E-state index in [0.717, 1.165) is 6.92 Å². The summed E-state index contributed by atoms with van der Waals surface area (Å²) in [5.41, 5.74) is 0. The van der Waals surface area contributed by atoms with Crippen LogP contribution >= 0.6 is 11.6 Å². The maximum atomic E-state index is 11.2. The molecule has 0 saturated heterocycles. The van der Waals surface area contributed by atoms with Gasteiger partial charge in [0.15, 0.2) is 5.06 Å². The van der Waals surface area contributed by atoms with E-state index in [9.17, 15) is 8.78 Å². The quantitative estimate of drug-likeness (QED) is 0.529. The standard InChI is InChI=1S/C3H5ClF2O/c1-3(4,7)2(5)6/h2,7H,1H3/t3-/m0/s1. The molecule has 7 heavy (non-hydrogen) atoms. The first-order valence-corrected chi connectivity index (χ1v) is 2.02. The van der Waals surface area contributed by atoms with Gasteiger partial charge in [-0.2, -0.15) is 0 Å². The SMILES string of the molecule is C[C@@](O)(Cl)C(F)F. The van der Waals surface area contributed by atoms with Crippen molar-refractivity contribution in [2.45, 2.75) is 18.4 Å².